The number of nitrogens with one attached hydrogen (secondary N) is 1. The van der Waals surface area contributed by atoms with E-state index in [9.17, 15) is 0 Å². The van der Waals surface area contributed by atoms with Crippen LogP contribution >= 0.6 is 15.9 Å². The number of oxazole rings is 1. The van der Waals surface area contributed by atoms with Crippen LogP contribution in [0.3, 0.4) is 0 Å². The zero-order valence-electron chi connectivity index (χ0n) is 10.4. The summed E-state index contributed by atoms with van der Waals surface area (Å²) in [6.07, 6.45) is 0.726. The molecule has 3 aromatic rings. The lowest BCUT2D eigenvalue weighted by atomic mass is 10.1. The molecule has 0 amide bonds. The Balaban J connectivity index is 2.07. The molecule has 2 heterocycles. The highest BCUT2D eigenvalue weighted by Crippen LogP contribution is 2.28. The molecular formula is C13H13BrN4O. The summed E-state index contributed by atoms with van der Waals surface area (Å²) in [6.45, 7) is 2.41. The Kier molecular flexibility index (Phi) is 3.12. The number of hydrogen-bond donors (Lipinski definition) is 2. The fraction of sp³-hybridized carbons (Fsp3) is 0.231. The fourth-order valence-electron chi connectivity index (χ4n) is 2.03. The van der Waals surface area contributed by atoms with Crippen molar-refractivity contribution in [3.63, 3.8) is 0 Å². The van der Waals surface area contributed by atoms with Crippen molar-refractivity contribution in [2.75, 3.05) is 6.54 Å². The molecule has 2 aromatic heterocycles. The number of halogens is 1. The van der Waals surface area contributed by atoms with Gasteiger partial charge in [-0.15, -0.1) is 0 Å². The minimum atomic E-state index is 0.570. The maximum absolute atomic E-state index is 5.54. The summed E-state index contributed by atoms with van der Waals surface area (Å²) in [5, 5.41) is 0. The summed E-state index contributed by atoms with van der Waals surface area (Å²) in [7, 11) is 0. The molecule has 0 saturated carbocycles. The molecule has 0 saturated heterocycles. The Bertz CT molecular complexity index is 731. The molecule has 0 unspecified atom stereocenters. The SMILES string of the molecule is Cc1nc2cc(-c3nc(CCN)[nH]c3Br)ccc2o1. The van der Waals surface area contributed by atoms with Crippen molar-refractivity contribution in [2.24, 2.45) is 5.73 Å². The van der Waals surface area contributed by atoms with E-state index >= 15 is 0 Å². The molecule has 3 N–H and O–H groups in total. The molecular weight excluding hydrogens is 308 g/mol. The van der Waals surface area contributed by atoms with E-state index in [4.69, 9.17) is 10.2 Å². The Hall–Kier alpha value is -1.66. The number of aryl methyl sites for hydroxylation is 1. The lowest BCUT2D eigenvalue weighted by Gasteiger charge is -1.96. The number of benzene rings is 1. The Morgan fingerprint density at radius 1 is 1.37 bits per heavy atom. The molecule has 0 radical (unpaired) electrons. The predicted molar refractivity (Wildman–Crippen MR) is 76.8 cm³/mol. The normalized spacial score (nSPS) is 11.3. The summed E-state index contributed by atoms with van der Waals surface area (Å²) < 4.78 is 6.32. The van der Waals surface area contributed by atoms with Gasteiger partial charge in [-0.1, -0.05) is 0 Å². The van der Waals surface area contributed by atoms with E-state index in [1.54, 1.807) is 0 Å². The van der Waals surface area contributed by atoms with Gasteiger partial charge < -0.3 is 15.1 Å². The van der Waals surface area contributed by atoms with Gasteiger partial charge in [-0.2, -0.15) is 0 Å². The van der Waals surface area contributed by atoms with Gasteiger partial charge in [-0.3, -0.25) is 0 Å². The molecule has 0 aliphatic heterocycles. The third-order valence-electron chi connectivity index (χ3n) is 2.86. The van der Waals surface area contributed by atoms with Gasteiger partial charge in [0.15, 0.2) is 11.5 Å². The highest BCUT2D eigenvalue weighted by Gasteiger charge is 2.12. The molecule has 0 bridgehead atoms. The van der Waals surface area contributed by atoms with Gasteiger partial charge in [-0.05, 0) is 40.7 Å². The molecule has 1 aromatic carbocycles. The van der Waals surface area contributed by atoms with Crippen LogP contribution in [-0.2, 0) is 6.42 Å². The maximum atomic E-state index is 5.54. The van der Waals surface area contributed by atoms with E-state index in [1.807, 2.05) is 25.1 Å². The Morgan fingerprint density at radius 3 is 3.00 bits per heavy atom. The minimum Gasteiger partial charge on any atom is -0.441 e. The van der Waals surface area contributed by atoms with Crippen LogP contribution in [0.5, 0.6) is 0 Å². The number of nitrogens with two attached hydrogens (primary N) is 1. The zero-order valence-corrected chi connectivity index (χ0v) is 12.0. The van der Waals surface area contributed by atoms with Gasteiger partial charge in [0.2, 0.25) is 0 Å². The first kappa shape index (κ1) is 12.4. The van der Waals surface area contributed by atoms with Crippen molar-refractivity contribution in [1.82, 2.24) is 15.0 Å². The highest BCUT2D eigenvalue weighted by atomic mass is 79.9. The fourth-order valence-corrected chi connectivity index (χ4v) is 2.58. The van der Waals surface area contributed by atoms with Crippen molar-refractivity contribution < 1.29 is 4.42 Å². The van der Waals surface area contributed by atoms with Crippen molar-refractivity contribution in [3.05, 3.63) is 34.5 Å². The highest BCUT2D eigenvalue weighted by molar-refractivity contribution is 9.10. The van der Waals surface area contributed by atoms with Crippen LogP contribution in [0.15, 0.2) is 27.2 Å². The number of nitrogens with zero attached hydrogens (tertiary/aromatic N) is 2. The molecule has 3 rings (SSSR count). The smallest absolute Gasteiger partial charge is 0.192 e. The monoisotopic (exact) mass is 320 g/mol. The summed E-state index contributed by atoms with van der Waals surface area (Å²) in [5.41, 5.74) is 9.02. The Morgan fingerprint density at radius 2 is 2.21 bits per heavy atom. The van der Waals surface area contributed by atoms with Crippen LogP contribution in [0.4, 0.5) is 0 Å². The standard InChI is InChI=1S/C13H13BrN4O/c1-7-16-9-6-8(2-3-10(9)19-7)12-13(14)18-11(17-12)4-5-15/h2-3,6H,4-5,15H2,1H3,(H,17,18). The maximum Gasteiger partial charge on any atom is 0.192 e. The number of fused-ring (bicyclic) bond motifs is 1. The van der Waals surface area contributed by atoms with Crippen LogP contribution in [0.2, 0.25) is 0 Å². The third-order valence-corrected chi connectivity index (χ3v) is 3.43. The van der Waals surface area contributed by atoms with Crippen molar-refractivity contribution in [3.8, 4) is 11.3 Å². The predicted octanol–water partition coefficient (Wildman–Crippen LogP) is 2.79. The van der Waals surface area contributed by atoms with Gasteiger partial charge >= 0.3 is 0 Å². The molecule has 0 atom stereocenters. The minimum absolute atomic E-state index is 0.570. The molecule has 0 fully saturated rings. The summed E-state index contributed by atoms with van der Waals surface area (Å²) in [5.74, 6) is 1.54. The van der Waals surface area contributed by atoms with Gasteiger partial charge in [0.25, 0.3) is 0 Å². The number of aromatic nitrogens is 3. The van der Waals surface area contributed by atoms with Gasteiger partial charge in [-0.25, -0.2) is 9.97 Å². The van der Waals surface area contributed by atoms with Gasteiger partial charge in [0, 0.05) is 18.9 Å². The number of rotatable bonds is 3. The number of aromatic amines is 1. The Labute approximate surface area is 118 Å². The van der Waals surface area contributed by atoms with E-state index in [2.05, 4.69) is 30.9 Å². The van der Waals surface area contributed by atoms with Crippen molar-refractivity contribution in [1.29, 1.82) is 0 Å². The molecule has 0 aliphatic rings. The zero-order chi connectivity index (χ0) is 13.4. The van der Waals surface area contributed by atoms with Gasteiger partial charge in [0.1, 0.15) is 21.6 Å². The van der Waals surface area contributed by atoms with E-state index in [1.165, 1.54) is 0 Å². The second-order valence-electron chi connectivity index (χ2n) is 4.30. The van der Waals surface area contributed by atoms with Crippen LogP contribution in [0.1, 0.15) is 11.7 Å². The van der Waals surface area contributed by atoms with Gasteiger partial charge in [0.05, 0.1) is 0 Å². The van der Waals surface area contributed by atoms with Crippen LogP contribution < -0.4 is 5.73 Å². The molecule has 0 spiro atoms. The lowest BCUT2D eigenvalue weighted by Crippen LogP contribution is -2.03. The summed E-state index contributed by atoms with van der Waals surface area (Å²) in [6, 6.07) is 5.85. The molecule has 5 nitrogen and oxygen atoms in total. The van der Waals surface area contributed by atoms with Crippen molar-refractivity contribution in [2.45, 2.75) is 13.3 Å². The van der Waals surface area contributed by atoms with Crippen LogP contribution in [-0.4, -0.2) is 21.5 Å². The average molecular weight is 321 g/mol. The van der Waals surface area contributed by atoms with E-state index in [0.29, 0.717) is 12.4 Å². The molecule has 98 valence electrons. The van der Waals surface area contributed by atoms with Crippen LogP contribution in [0.25, 0.3) is 22.4 Å². The second-order valence-corrected chi connectivity index (χ2v) is 5.09. The lowest BCUT2D eigenvalue weighted by molar-refractivity contribution is 0.561. The van der Waals surface area contributed by atoms with E-state index in [-0.39, 0.29) is 0 Å². The average Bonchev–Trinajstić information content (AvgIpc) is 2.90. The topological polar surface area (TPSA) is 80.7 Å². The van der Waals surface area contributed by atoms with Crippen molar-refractivity contribution >= 4 is 27.0 Å². The summed E-state index contributed by atoms with van der Waals surface area (Å²) >= 11 is 3.49. The molecule has 19 heavy (non-hydrogen) atoms. The quantitative estimate of drug-likeness (QED) is 0.777. The molecule has 0 aliphatic carbocycles. The largest absolute Gasteiger partial charge is 0.441 e. The summed E-state index contributed by atoms with van der Waals surface area (Å²) in [4.78, 5) is 12.1. The number of H-pyrrole nitrogens is 1. The molecule has 6 heteroatoms. The number of hydrogen-bond acceptors (Lipinski definition) is 4. The third kappa shape index (κ3) is 2.29. The van der Waals surface area contributed by atoms with E-state index < -0.39 is 0 Å². The number of imidazole rings is 1. The first-order valence-electron chi connectivity index (χ1n) is 5.99. The second kappa shape index (κ2) is 4.79. The van der Waals surface area contributed by atoms with E-state index in [0.717, 1.165) is 39.2 Å². The van der Waals surface area contributed by atoms with Crippen LogP contribution in [0, 0.1) is 6.92 Å². The first-order chi connectivity index (χ1) is 9.17. The first-order valence-corrected chi connectivity index (χ1v) is 6.78.